The fourth-order valence-electron chi connectivity index (χ4n) is 1.62. The van der Waals surface area contributed by atoms with E-state index in [0.717, 1.165) is 19.6 Å². The third kappa shape index (κ3) is 4.78. The van der Waals surface area contributed by atoms with E-state index < -0.39 is 0 Å². The van der Waals surface area contributed by atoms with E-state index in [1.165, 1.54) is 0 Å². The van der Waals surface area contributed by atoms with Crippen molar-refractivity contribution in [3.63, 3.8) is 0 Å². The van der Waals surface area contributed by atoms with Crippen molar-refractivity contribution >= 4 is 0 Å². The first-order valence-electron chi connectivity index (χ1n) is 6.04. The molecule has 0 aromatic carbocycles. The Morgan fingerprint density at radius 3 is 2.44 bits per heavy atom. The van der Waals surface area contributed by atoms with Crippen molar-refractivity contribution in [3.05, 3.63) is 0 Å². The van der Waals surface area contributed by atoms with Crippen molar-refractivity contribution in [1.29, 1.82) is 0 Å². The summed E-state index contributed by atoms with van der Waals surface area (Å²) in [5.74, 6) is 0. The predicted octanol–water partition coefficient (Wildman–Crippen LogP) is 1.37. The molecule has 2 saturated heterocycles. The van der Waals surface area contributed by atoms with E-state index in [-0.39, 0.29) is 11.7 Å². The van der Waals surface area contributed by atoms with Crippen molar-refractivity contribution in [3.8, 4) is 0 Å². The Morgan fingerprint density at radius 1 is 1.25 bits per heavy atom. The van der Waals surface area contributed by atoms with Crippen LogP contribution in [-0.2, 0) is 18.9 Å². The van der Waals surface area contributed by atoms with Gasteiger partial charge in [-0.05, 0) is 20.8 Å². The van der Waals surface area contributed by atoms with Crippen LogP contribution in [0.15, 0.2) is 0 Å². The van der Waals surface area contributed by atoms with Crippen LogP contribution in [-0.4, -0.2) is 50.3 Å². The number of epoxide rings is 2. The van der Waals surface area contributed by atoms with Crippen molar-refractivity contribution in [2.45, 2.75) is 51.1 Å². The summed E-state index contributed by atoms with van der Waals surface area (Å²) in [6, 6.07) is 0. The van der Waals surface area contributed by atoms with Crippen LogP contribution in [0.2, 0.25) is 0 Å². The lowest BCUT2D eigenvalue weighted by molar-refractivity contribution is -0.0818. The van der Waals surface area contributed by atoms with Gasteiger partial charge >= 0.3 is 0 Å². The summed E-state index contributed by atoms with van der Waals surface area (Å²) in [6.07, 6.45) is 1.83. The molecule has 0 spiro atoms. The molecule has 2 heterocycles. The number of hydrogen-bond donors (Lipinski definition) is 0. The summed E-state index contributed by atoms with van der Waals surface area (Å²) in [5, 5.41) is 0. The molecule has 2 fully saturated rings. The summed E-state index contributed by atoms with van der Waals surface area (Å²) < 4.78 is 21.7. The summed E-state index contributed by atoms with van der Waals surface area (Å²) in [7, 11) is 0. The number of hydrogen-bond acceptors (Lipinski definition) is 4. The second-order valence-corrected chi connectivity index (χ2v) is 5.33. The Hall–Kier alpha value is -0.160. The molecule has 0 N–H and O–H groups in total. The molecule has 0 bridgehead atoms. The zero-order chi connectivity index (χ0) is 11.6. The highest BCUT2D eigenvalue weighted by atomic mass is 16.6. The van der Waals surface area contributed by atoms with Gasteiger partial charge in [0.1, 0.15) is 6.10 Å². The monoisotopic (exact) mass is 230 g/mol. The van der Waals surface area contributed by atoms with E-state index in [2.05, 4.69) is 13.8 Å². The molecule has 0 aliphatic carbocycles. The molecule has 2 aliphatic heterocycles. The topological polar surface area (TPSA) is 43.5 Å². The maximum Gasteiger partial charge on any atom is 0.104 e. The highest BCUT2D eigenvalue weighted by Gasteiger charge is 2.32. The zero-order valence-electron chi connectivity index (χ0n) is 10.4. The molecule has 0 aromatic heterocycles. The molecule has 0 aromatic rings. The van der Waals surface area contributed by atoms with E-state index in [0.29, 0.717) is 25.4 Å². The lowest BCUT2D eigenvalue weighted by atomic mass is 10.0. The third-order valence-corrected chi connectivity index (χ3v) is 2.80. The van der Waals surface area contributed by atoms with Gasteiger partial charge in [0.05, 0.1) is 44.2 Å². The Bertz CT molecular complexity index is 221. The summed E-state index contributed by atoms with van der Waals surface area (Å²) in [5.41, 5.74) is -0.116. The third-order valence-electron chi connectivity index (χ3n) is 2.80. The molecular formula is C12H22O4. The van der Waals surface area contributed by atoms with Crippen LogP contribution >= 0.6 is 0 Å². The largest absolute Gasteiger partial charge is 0.373 e. The highest BCUT2D eigenvalue weighted by molar-refractivity contribution is 4.80. The normalized spacial score (nSPS) is 30.2. The summed E-state index contributed by atoms with van der Waals surface area (Å²) in [4.78, 5) is 0. The molecule has 2 rings (SSSR count). The Morgan fingerprint density at radius 2 is 1.88 bits per heavy atom. The highest BCUT2D eigenvalue weighted by Crippen LogP contribution is 2.25. The molecular weight excluding hydrogens is 208 g/mol. The lowest BCUT2D eigenvalue weighted by Gasteiger charge is -2.26. The van der Waals surface area contributed by atoms with Crippen molar-refractivity contribution < 1.29 is 18.9 Å². The Labute approximate surface area is 97.2 Å². The van der Waals surface area contributed by atoms with Crippen LogP contribution in [0.4, 0.5) is 0 Å². The van der Waals surface area contributed by atoms with Crippen LogP contribution < -0.4 is 0 Å². The molecule has 3 atom stereocenters. The quantitative estimate of drug-likeness (QED) is 0.591. The Balaban J connectivity index is 1.56. The first kappa shape index (κ1) is 12.3. The van der Waals surface area contributed by atoms with E-state index in [4.69, 9.17) is 18.9 Å². The van der Waals surface area contributed by atoms with Crippen LogP contribution in [0.3, 0.4) is 0 Å². The first-order valence-corrected chi connectivity index (χ1v) is 6.04. The smallest absolute Gasteiger partial charge is 0.104 e. The summed E-state index contributed by atoms with van der Waals surface area (Å²) >= 11 is 0. The van der Waals surface area contributed by atoms with Gasteiger partial charge in [-0.15, -0.1) is 0 Å². The molecule has 4 nitrogen and oxygen atoms in total. The predicted molar refractivity (Wildman–Crippen MR) is 59.5 cm³/mol. The van der Waals surface area contributed by atoms with Crippen molar-refractivity contribution in [1.82, 2.24) is 0 Å². The molecule has 4 heteroatoms. The van der Waals surface area contributed by atoms with Crippen LogP contribution in [0.5, 0.6) is 0 Å². The molecule has 3 unspecified atom stereocenters. The van der Waals surface area contributed by atoms with Gasteiger partial charge in [-0.1, -0.05) is 0 Å². The minimum atomic E-state index is -0.116. The fourth-order valence-corrected chi connectivity index (χ4v) is 1.62. The zero-order valence-corrected chi connectivity index (χ0v) is 10.4. The fraction of sp³-hybridized carbons (Fsp3) is 1.00. The average Bonchev–Trinajstić information content (AvgIpc) is 3.04. The minimum Gasteiger partial charge on any atom is -0.373 e. The van der Waals surface area contributed by atoms with Crippen molar-refractivity contribution in [2.75, 3.05) is 26.4 Å². The van der Waals surface area contributed by atoms with Gasteiger partial charge in [-0.2, -0.15) is 0 Å². The van der Waals surface area contributed by atoms with Crippen LogP contribution in [0.1, 0.15) is 27.2 Å². The number of rotatable bonds is 8. The van der Waals surface area contributed by atoms with Gasteiger partial charge in [-0.3, -0.25) is 0 Å². The molecule has 94 valence electrons. The SMILES string of the molecule is CC(COC(C)(C)CC1CO1)OCC1CO1. The molecule has 16 heavy (non-hydrogen) atoms. The molecule has 0 radical (unpaired) electrons. The average molecular weight is 230 g/mol. The standard InChI is InChI=1S/C12H22O4/c1-9(13-7-11-8-15-11)5-16-12(2,3)4-10-6-14-10/h9-11H,4-8H2,1-3H3. The second kappa shape index (κ2) is 5.00. The lowest BCUT2D eigenvalue weighted by Crippen LogP contribution is -2.31. The van der Waals surface area contributed by atoms with Gasteiger partial charge in [0, 0.05) is 6.42 Å². The second-order valence-electron chi connectivity index (χ2n) is 5.33. The Kier molecular flexibility index (Phi) is 3.85. The van der Waals surface area contributed by atoms with Crippen molar-refractivity contribution in [2.24, 2.45) is 0 Å². The van der Waals surface area contributed by atoms with Gasteiger partial charge in [0.15, 0.2) is 0 Å². The van der Waals surface area contributed by atoms with Gasteiger partial charge in [0.2, 0.25) is 0 Å². The van der Waals surface area contributed by atoms with Crippen LogP contribution in [0, 0.1) is 0 Å². The van der Waals surface area contributed by atoms with Gasteiger partial charge in [0.25, 0.3) is 0 Å². The van der Waals surface area contributed by atoms with E-state index in [9.17, 15) is 0 Å². The molecule has 0 saturated carbocycles. The first-order chi connectivity index (χ1) is 7.55. The van der Waals surface area contributed by atoms with E-state index in [1.807, 2.05) is 6.92 Å². The van der Waals surface area contributed by atoms with Gasteiger partial charge in [-0.25, -0.2) is 0 Å². The maximum atomic E-state index is 5.85. The van der Waals surface area contributed by atoms with Crippen LogP contribution in [0.25, 0.3) is 0 Å². The maximum absolute atomic E-state index is 5.85. The van der Waals surface area contributed by atoms with E-state index >= 15 is 0 Å². The molecule has 0 amide bonds. The number of ether oxygens (including phenoxy) is 4. The van der Waals surface area contributed by atoms with Gasteiger partial charge < -0.3 is 18.9 Å². The minimum absolute atomic E-state index is 0.116. The van der Waals surface area contributed by atoms with E-state index in [1.54, 1.807) is 0 Å². The molecule has 2 aliphatic rings. The summed E-state index contributed by atoms with van der Waals surface area (Å²) in [6.45, 7) is 9.29.